The maximum absolute atomic E-state index is 13.2. The Morgan fingerprint density at radius 3 is 2.32 bits per heavy atom. The summed E-state index contributed by atoms with van der Waals surface area (Å²) in [5.74, 6) is 1.09. The molecule has 4 heteroatoms. The van der Waals surface area contributed by atoms with Crippen LogP contribution in [-0.2, 0) is 14.9 Å². The number of hydrogen-bond donors (Lipinski definition) is 1. The highest BCUT2D eigenvalue weighted by Gasteiger charge is 2.58. The molecular weight excluding hydrogens is 420 g/mol. The average Bonchev–Trinajstić information content (AvgIpc) is 3.61. The van der Waals surface area contributed by atoms with E-state index in [0.29, 0.717) is 5.92 Å². The number of piperidine rings is 1. The first-order valence-electron chi connectivity index (χ1n) is 13.3. The lowest BCUT2D eigenvalue weighted by Gasteiger charge is -2.38. The van der Waals surface area contributed by atoms with E-state index < -0.39 is 0 Å². The molecule has 182 valence electrons. The van der Waals surface area contributed by atoms with Gasteiger partial charge in [-0.05, 0) is 80.6 Å². The van der Waals surface area contributed by atoms with Gasteiger partial charge in [-0.2, -0.15) is 0 Å². The molecule has 2 aromatic carbocycles. The predicted octanol–water partition coefficient (Wildman–Crippen LogP) is 5.15. The van der Waals surface area contributed by atoms with Crippen LogP contribution < -0.4 is 5.32 Å². The van der Waals surface area contributed by atoms with Gasteiger partial charge in [0, 0.05) is 31.1 Å². The summed E-state index contributed by atoms with van der Waals surface area (Å²) in [5.41, 5.74) is 3.05. The third-order valence-electron chi connectivity index (χ3n) is 9.04. The molecular formula is C30H40N2O2. The number of hydrogen-bond acceptors (Lipinski definition) is 3. The molecule has 5 rings (SSSR count). The Morgan fingerprint density at radius 1 is 1.00 bits per heavy atom. The normalized spacial score (nSPS) is 24.4. The predicted molar refractivity (Wildman–Crippen MR) is 137 cm³/mol. The fourth-order valence-electron chi connectivity index (χ4n) is 6.32. The largest absolute Gasteiger partial charge is 0.381 e. The van der Waals surface area contributed by atoms with Gasteiger partial charge in [0.05, 0.1) is 0 Å². The van der Waals surface area contributed by atoms with Gasteiger partial charge in [-0.1, -0.05) is 67.6 Å². The van der Waals surface area contributed by atoms with E-state index >= 15 is 0 Å². The zero-order valence-corrected chi connectivity index (χ0v) is 20.7. The quantitative estimate of drug-likeness (QED) is 0.593. The molecule has 1 amide bonds. The fourth-order valence-corrected chi connectivity index (χ4v) is 6.32. The van der Waals surface area contributed by atoms with Crippen LogP contribution in [0.25, 0.3) is 0 Å². The topological polar surface area (TPSA) is 41.6 Å². The Morgan fingerprint density at radius 2 is 1.65 bits per heavy atom. The molecule has 2 saturated heterocycles. The summed E-state index contributed by atoms with van der Waals surface area (Å²) >= 11 is 0. The van der Waals surface area contributed by atoms with E-state index in [4.69, 9.17) is 4.74 Å². The second-order valence-corrected chi connectivity index (χ2v) is 11.0. The monoisotopic (exact) mass is 460 g/mol. The fraction of sp³-hybridized carbons (Fsp3) is 0.567. The van der Waals surface area contributed by atoms with Gasteiger partial charge in [0.25, 0.3) is 0 Å². The SMILES string of the molecule is C[C@@H](CCN1CCC2(CC1)C[C@@H]2C(=O)NCC1(c2ccccc2)CCOCC1)c1ccccc1. The summed E-state index contributed by atoms with van der Waals surface area (Å²) < 4.78 is 5.66. The first-order chi connectivity index (χ1) is 16.6. The summed E-state index contributed by atoms with van der Waals surface area (Å²) in [4.78, 5) is 15.8. The van der Waals surface area contributed by atoms with Crippen molar-refractivity contribution in [2.75, 3.05) is 39.4 Å². The number of nitrogens with zero attached hydrogens (tertiary/aromatic N) is 1. The van der Waals surface area contributed by atoms with E-state index in [-0.39, 0.29) is 22.7 Å². The second-order valence-electron chi connectivity index (χ2n) is 11.0. The summed E-state index contributed by atoms with van der Waals surface area (Å²) in [6.45, 7) is 8.05. The van der Waals surface area contributed by atoms with Crippen LogP contribution in [0.15, 0.2) is 60.7 Å². The van der Waals surface area contributed by atoms with Crippen molar-refractivity contribution in [1.82, 2.24) is 10.2 Å². The summed E-state index contributed by atoms with van der Waals surface area (Å²) in [5, 5.41) is 3.39. The van der Waals surface area contributed by atoms with Crippen LogP contribution in [0.5, 0.6) is 0 Å². The third-order valence-corrected chi connectivity index (χ3v) is 9.04. The highest BCUT2D eigenvalue weighted by Crippen LogP contribution is 2.59. The molecule has 0 unspecified atom stereocenters. The molecule has 3 aliphatic rings. The van der Waals surface area contributed by atoms with Gasteiger partial charge < -0.3 is 15.0 Å². The Balaban J connectivity index is 1.09. The smallest absolute Gasteiger partial charge is 0.223 e. The molecule has 0 radical (unpaired) electrons. The van der Waals surface area contributed by atoms with Crippen molar-refractivity contribution < 1.29 is 9.53 Å². The lowest BCUT2D eigenvalue weighted by Crippen LogP contribution is -2.45. The maximum Gasteiger partial charge on any atom is 0.223 e. The molecule has 1 spiro atoms. The number of nitrogens with one attached hydrogen (secondary N) is 1. The first-order valence-corrected chi connectivity index (χ1v) is 13.3. The minimum atomic E-state index is 0.00995. The highest BCUT2D eigenvalue weighted by molar-refractivity contribution is 5.82. The highest BCUT2D eigenvalue weighted by atomic mass is 16.5. The molecule has 1 N–H and O–H groups in total. The van der Waals surface area contributed by atoms with Gasteiger partial charge in [-0.25, -0.2) is 0 Å². The van der Waals surface area contributed by atoms with Gasteiger partial charge in [0.1, 0.15) is 0 Å². The number of carbonyl (C=O) groups excluding carboxylic acids is 1. The summed E-state index contributed by atoms with van der Waals surface area (Å²) in [6, 6.07) is 21.6. The molecule has 3 fully saturated rings. The Kier molecular flexibility index (Phi) is 7.08. The number of rotatable bonds is 8. The van der Waals surface area contributed by atoms with Crippen LogP contribution in [0, 0.1) is 11.3 Å². The second kappa shape index (κ2) is 10.2. The minimum Gasteiger partial charge on any atom is -0.381 e. The molecule has 2 atom stereocenters. The number of carbonyl (C=O) groups is 1. The standard InChI is InChI=1S/C30H40N2O2/c1-24(25-8-4-2-5-9-25)12-17-32-18-13-29(14-19-32)22-27(29)28(33)31-23-30(15-20-34-21-16-30)26-10-6-3-7-11-26/h2-11,24,27H,12-23H2,1H3,(H,31,33)/t24-,27+/m0/s1. The molecule has 1 saturated carbocycles. The Hall–Kier alpha value is -2.17. The van der Waals surface area contributed by atoms with Crippen LogP contribution in [0.3, 0.4) is 0 Å². The molecule has 4 nitrogen and oxygen atoms in total. The molecule has 1 aliphatic carbocycles. The maximum atomic E-state index is 13.2. The Labute approximate surface area is 205 Å². The van der Waals surface area contributed by atoms with E-state index in [1.807, 2.05) is 0 Å². The number of benzene rings is 2. The lowest BCUT2D eigenvalue weighted by atomic mass is 9.74. The van der Waals surface area contributed by atoms with Gasteiger partial charge in [0.15, 0.2) is 0 Å². The van der Waals surface area contributed by atoms with Crippen molar-refractivity contribution >= 4 is 5.91 Å². The zero-order valence-electron chi connectivity index (χ0n) is 20.7. The van der Waals surface area contributed by atoms with Crippen molar-refractivity contribution in [3.05, 3.63) is 71.8 Å². The summed E-state index contributed by atoms with van der Waals surface area (Å²) in [7, 11) is 0. The van der Waals surface area contributed by atoms with E-state index in [9.17, 15) is 4.79 Å². The third kappa shape index (κ3) is 5.08. The average molecular weight is 461 g/mol. The van der Waals surface area contributed by atoms with Crippen molar-refractivity contribution in [2.24, 2.45) is 11.3 Å². The molecule has 34 heavy (non-hydrogen) atoms. The minimum absolute atomic E-state index is 0.00995. The molecule has 2 aromatic rings. The van der Waals surface area contributed by atoms with Crippen LogP contribution >= 0.6 is 0 Å². The van der Waals surface area contributed by atoms with Gasteiger partial charge >= 0.3 is 0 Å². The van der Waals surface area contributed by atoms with Gasteiger partial charge in [-0.15, -0.1) is 0 Å². The van der Waals surface area contributed by atoms with Crippen molar-refractivity contribution in [3.63, 3.8) is 0 Å². The first kappa shape index (κ1) is 23.6. The molecule has 2 aliphatic heterocycles. The number of ether oxygens (including phenoxy) is 1. The molecule has 2 heterocycles. The van der Waals surface area contributed by atoms with E-state index in [1.165, 1.54) is 30.4 Å². The van der Waals surface area contributed by atoms with Crippen molar-refractivity contribution in [1.29, 1.82) is 0 Å². The van der Waals surface area contributed by atoms with Crippen LogP contribution in [0.4, 0.5) is 0 Å². The van der Waals surface area contributed by atoms with Crippen molar-refractivity contribution in [2.45, 2.75) is 56.8 Å². The van der Waals surface area contributed by atoms with E-state index in [0.717, 1.165) is 58.7 Å². The van der Waals surface area contributed by atoms with Crippen LogP contribution in [0.2, 0.25) is 0 Å². The van der Waals surface area contributed by atoms with E-state index in [2.05, 4.69) is 77.8 Å². The van der Waals surface area contributed by atoms with Crippen molar-refractivity contribution in [3.8, 4) is 0 Å². The molecule has 0 bridgehead atoms. The zero-order chi connectivity index (χ0) is 23.4. The lowest BCUT2D eigenvalue weighted by molar-refractivity contribution is -0.124. The van der Waals surface area contributed by atoms with Gasteiger partial charge in [-0.3, -0.25) is 4.79 Å². The Bertz CT molecular complexity index is 931. The van der Waals surface area contributed by atoms with Crippen LogP contribution in [-0.4, -0.2) is 50.2 Å². The number of amides is 1. The van der Waals surface area contributed by atoms with Gasteiger partial charge in [0.2, 0.25) is 5.91 Å². The van der Waals surface area contributed by atoms with Crippen LogP contribution in [0.1, 0.15) is 62.5 Å². The summed E-state index contributed by atoms with van der Waals surface area (Å²) in [6.07, 6.45) is 6.57. The van der Waals surface area contributed by atoms with E-state index in [1.54, 1.807) is 0 Å². The molecule has 0 aromatic heterocycles. The number of likely N-dealkylation sites (tertiary alicyclic amines) is 1.